The number of aromatic nitrogens is 3. The van der Waals surface area contributed by atoms with E-state index in [1.165, 1.54) is 12.4 Å². The van der Waals surface area contributed by atoms with E-state index in [4.69, 9.17) is 4.52 Å². The van der Waals surface area contributed by atoms with Crippen LogP contribution in [-0.4, -0.2) is 47.0 Å². The summed E-state index contributed by atoms with van der Waals surface area (Å²) in [5.41, 5.74) is 0.259. The van der Waals surface area contributed by atoms with Crippen LogP contribution in [0.1, 0.15) is 22.5 Å². The zero-order valence-corrected chi connectivity index (χ0v) is 13.1. The fourth-order valence-electron chi connectivity index (χ4n) is 2.23. The molecule has 1 saturated heterocycles. The van der Waals surface area contributed by atoms with Gasteiger partial charge in [-0.15, -0.1) is 0 Å². The van der Waals surface area contributed by atoms with E-state index in [0.29, 0.717) is 23.9 Å². The second-order valence-corrected chi connectivity index (χ2v) is 7.55. The Morgan fingerprint density at radius 2 is 2.09 bits per heavy atom. The van der Waals surface area contributed by atoms with Gasteiger partial charge in [-0.2, -0.15) is 0 Å². The lowest BCUT2D eigenvalue weighted by Crippen LogP contribution is -2.22. The summed E-state index contributed by atoms with van der Waals surface area (Å²) in [6.45, 7) is 1.72. The van der Waals surface area contributed by atoms with Crippen LogP contribution in [-0.2, 0) is 9.84 Å². The lowest BCUT2D eigenvalue weighted by Gasteiger charge is -2.10. The van der Waals surface area contributed by atoms with Crippen LogP contribution in [0.15, 0.2) is 23.0 Å². The Labute approximate surface area is 132 Å². The fraction of sp³-hybridized carbons (Fsp3) is 0.385. The number of hydrogen-bond donors (Lipinski definition) is 2. The Kier molecular flexibility index (Phi) is 3.99. The second-order valence-electron chi connectivity index (χ2n) is 5.32. The summed E-state index contributed by atoms with van der Waals surface area (Å²) in [6, 6.07) is 1.40. The first kappa shape index (κ1) is 15.4. The molecule has 0 radical (unpaired) electrons. The highest BCUT2D eigenvalue weighted by Crippen LogP contribution is 2.15. The highest BCUT2D eigenvalue weighted by Gasteiger charge is 2.28. The van der Waals surface area contributed by atoms with E-state index in [-0.39, 0.29) is 23.1 Å². The van der Waals surface area contributed by atoms with Gasteiger partial charge in [0.25, 0.3) is 5.91 Å². The molecule has 2 aromatic heterocycles. The maximum atomic E-state index is 12.0. The number of nitrogens with one attached hydrogen (secondary N) is 2. The normalized spacial score (nSPS) is 19.4. The van der Waals surface area contributed by atoms with E-state index in [9.17, 15) is 13.2 Å². The quantitative estimate of drug-likeness (QED) is 0.831. The first-order valence-corrected chi connectivity index (χ1v) is 8.77. The minimum absolute atomic E-state index is 0.0735. The number of hydrogen-bond acceptors (Lipinski definition) is 8. The van der Waals surface area contributed by atoms with Crippen molar-refractivity contribution in [2.45, 2.75) is 19.4 Å². The minimum atomic E-state index is -2.97. The SMILES string of the molecule is Cc1cc(NC(=O)c2cnc(NC3CCS(=O)(=O)C3)nc2)no1. The molecule has 3 rings (SSSR count). The minimum Gasteiger partial charge on any atom is -0.360 e. The lowest BCUT2D eigenvalue weighted by molar-refractivity contribution is 0.102. The van der Waals surface area contributed by atoms with Crippen molar-refractivity contribution in [3.63, 3.8) is 0 Å². The van der Waals surface area contributed by atoms with Crippen molar-refractivity contribution >= 4 is 27.5 Å². The molecule has 1 unspecified atom stereocenters. The van der Waals surface area contributed by atoms with Gasteiger partial charge in [-0.25, -0.2) is 18.4 Å². The zero-order valence-electron chi connectivity index (χ0n) is 12.3. The number of amides is 1. The topological polar surface area (TPSA) is 127 Å². The predicted molar refractivity (Wildman–Crippen MR) is 81.9 cm³/mol. The van der Waals surface area contributed by atoms with Crippen molar-refractivity contribution in [2.75, 3.05) is 22.1 Å². The van der Waals surface area contributed by atoms with Crippen LogP contribution in [0.2, 0.25) is 0 Å². The summed E-state index contributed by atoms with van der Waals surface area (Å²) in [7, 11) is -2.97. The summed E-state index contributed by atoms with van der Waals surface area (Å²) >= 11 is 0. The fourth-order valence-corrected chi connectivity index (χ4v) is 3.90. The monoisotopic (exact) mass is 337 g/mol. The molecule has 1 aliphatic rings. The molecule has 0 aliphatic carbocycles. The molecule has 0 spiro atoms. The molecule has 2 aromatic rings. The van der Waals surface area contributed by atoms with Gasteiger partial charge in [-0.1, -0.05) is 5.16 Å². The molecule has 10 heteroatoms. The van der Waals surface area contributed by atoms with Gasteiger partial charge in [0.1, 0.15) is 5.76 Å². The van der Waals surface area contributed by atoms with E-state index in [0.717, 1.165) is 0 Å². The van der Waals surface area contributed by atoms with Crippen molar-refractivity contribution < 1.29 is 17.7 Å². The average molecular weight is 337 g/mol. The molecule has 0 aromatic carbocycles. The van der Waals surface area contributed by atoms with E-state index in [1.807, 2.05) is 0 Å². The maximum Gasteiger partial charge on any atom is 0.260 e. The number of aryl methyl sites for hydroxylation is 1. The van der Waals surface area contributed by atoms with E-state index in [1.54, 1.807) is 13.0 Å². The largest absolute Gasteiger partial charge is 0.360 e. The van der Waals surface area contributed by atoms with Crippen molar-refractivity contribution in [3.05, 3.63) is 29.8 Å². The molecule has 0 bridgehead atoms. The number of carbonyl (C=O) groups is 1. The van der Waals surface area contributed by atoms with Crippen LogP contribution in [0.25, 0.3) is 0 Å². The molecule has 122 valence electrons. The van der Waals surface area contributed by atoms with Gasteiger partial charge >= 0.3 is 0 Å². The average Bonchev–Trinajstić information content (AvgIpc) is 3.05. The maximum absolute atomic E-state index is 12.0. The van der Waals surface area contributed by atoms with Gasteiger partial charge in [0, 0.05) is 24.5 Å². The summed E-state index contributed by atoms with van der Waals surface area (Å²) in [5, 5.41) is 9.18. The van der Waals surface area contributed by atoms with Crippen molar-refractivity contribution in [1.29, 1.82) is 0 Å². The van der Waals surface area contributed by atoms with Crippen LogP contribution in [0, 0.1) is 6.92 Å². The third-order valence-electron chi connectivity index (χ3n) is 3.35. The van der Waals surface area contributed by atoms with Crippen LogP contribution >= 0.6 is 0 Å². The van der Waals surface area contributed by atoms with Gasteiger partial charge in [0.15, 0.2) is 15.7 Å². The molecule has 0 saturated carbocycles. The smallest absolute Gasteiger partial charge is 0.260 e. The van der Waals surface area contributed by atoms with Crippen molar-refractivity contribution in [1.82, 2.24) is 15.1 Å². The second kappa shape index (κ2) is 5.95. The van der Waals surface area contributed by atoms with Gasteiger partial charge < -0.3 is 15.2 Å². The molecular formula is C13H15N5O4S. The zero-order chi connectivity index (χ0) is 16.4. The van der Waals surface area contributed by atoms with E-state index < -0.39 is 15.7 Å². The first-order valence-electron chi connectivity index (χ1n) is 6.95. The number of nitrogens with zero attached hydrogens (tertiary/aromatic N) is 3. The van der Waals surface area contributed by atoms with Crippen LogP contribution in [0.5, 0.6) is 0 Å². The van der Waals surface area contributed by atoms with Gasteiger partial charge in [-0.3, -0.25) is 4.79 Å². The van der Waals surface area contributed by atoms with Gasteiger partial charge in [0.2, 0.25) is 5.95 Å². The van der Waals surface area contributed by atoms with Gasteiger partial charge in [-0.05, 0) is 13.3 Å². The van der Waals surface area contributed by atoms with Crippen LogP contribution in [0.3, 0.4) is 0 Å². The molecule has 1 amide bonds. The Balaban J connectivity index is 1.61. The number of rotatable bonds is 4. The van der Waals surface area contributed by atoms with E-state index in [2.05, 4.69) is 25.8 Å². The third kappa shape index (κ3) is 3.83. The molecule has 23 heavy (non-hydrogen) atoms. The highest BCUT2D eigenvalue weighted by molar-refractivity contribution is 7.91. The summed E-state index contributed by atoms with van der Waals surface area (Å²) in [4.78, 5) is 20.1. The van der Waals surface area contributed by atoms with E-state index >= 15 is 0 Å². The number of sulfone groups is 1. The number of anilines is 2. The first-order chi connectivity index (χ1) is 10.9. The van der Waals surface area contributed by atoms with Crippen LogP contribution in [0.4, 0.5) is 11.8 Å². The van der Waals surface area contributed by atoms with Crippen molar-refractivity contribution in [3.8, 4) is 0 Å². The Bertz CT molecular complexity index is 815. The summed E-state index contributed by atoms with van der Waals surface area (Å²) in [5.74, 6) is 1.02. The standard InChI is InChI=1S/C13H15N5O4S/c1-8-4-11(18-22-8)17-12(19)9-5-14-13(15-6-9)16-10-2-3-23(20,21)7-10/h4-6,10H,2-3,7H2,1H3,(H,14,15,16)(H,17,18,19). The van der Waals surface area contributed by atoms with Crippen LogP contribution < -0.4 is 10.6 Å². The molecule has 3 heterocycles. The molecular weight excluding hydrogens is 322 g/mol. The third-order valence-corrected chi connectivity index (χ3v) is 5.12. The van der Waals surface area contributed by atoms with Crippen molar-refractivity contribution in [2.24, 2.45) is 0 Å². The number of carbonyl (C=O) groups excluding carboxylic acids is 1. The molecule has 9 nitrogen and oxygen atoms in total. The predicted octanol–water partition coefficient (Wildman–Crippen LogP) is 0.624. The highest BCUT2D eigenvalue weighted by atomic mass is 32.2. The Morgan fingerprint density at radius 1 is 1.35 bits per heavy atom. The summed E-state index contributed by atoms with van der Waals surface area (Å²) < 4.78 is 27.7. The Morgan fingerprint density at radius 3 is 2.65 bits per heavy atom. The molecule has 1 aliphatic heterocycles. The summed E-state index contributed by atoms with van der Waals surface area (Å²) in [6.07, 6.45) is 3.25. The lowest BCUT2D eigenvalue weighted by atomic mass is 10.3. The molecule has 1 fully saturated rings. The molecule has 2 N–H and O–H groups in total. The molecule has 1 atom stereocenters. The Hall–Kier alpha value is -2.49. The van der Waals surface area contributed by atoms with Gasteiger partial charge in [0.05, 0.1) is 17.1 Å².